The summed E-state index contributed by atoms with van der Waals surface area (Å²) in [7, 11) is 3.98. The number of anilines is 3. The van der Waals surface area contributed by atoms with E-state index < -0.39 is 5.82 Å². The van der Waals surface area contributed by atoms with Gasteiger partial charge in [0.25, 0.3) is 0 Å². The lowest BCUT2D eigenvalue weighted by molar-refractivity contribution is 0.624. The molecule has 1 N–H and O–H groups in total. The molecular weight excluding hydrogens is 365 g/mol. The summed E-state index contributed by atoms with van der Waals surface area (Å²) in [6.45, 7) is 0. The largest absolute Gasteiger partial charge is 0.378 e. The van der Waals surface area contributed by atoms with Crippen molar-refractivity contribution in [3.63, 3.8) is 0 Å². The lowest BCUT2D eigenvalue weighted by Crippen LogP contribution is -2.08. The molecule has 4 rings (SSSR count). The van der Waals surface area contributed by atoms with E-state index in [1.807, 2.05) is 73.6 Å². The van der Waals surface area contributed by atoms with Crippen LogP contribution >= 0.6 is 0 Å². The van der Waals surface area contributed by atoms with E-state index in [1.165, 1.54) is 12.1 Å². The second-order valence-electron chi connectivity index (χ2n) is 6.79. The van der Waals surface area contributed by atoms with E-state index in [4.69, 9.17) is 5.26 Å². The summed E-state index contributed by atoms with van der Waals surface area (Å²) in [5.41, 5.74) is 3.23. The number of hydrogen-bond acceptors (Lipinski definition) is 5. The first kappa shape index (κ1) is 18.4. The summed E-state index contributed by atoms with van der Waals surface area (Å²) in [4.78, 5) is 11.2. The molecule has 0 aliphatic heterocycles. The Morgan fingerprint density at radius 1 is 0.966 bits per heavy atom. The van der Waals surface area contributed by atoms with Gasteiger partial charge in [0, 0.05) is 36.4 Å². The summed E-state index contributed by atoms with van der Waals surface area (Å²) in [6.07, 6.45) is 0. The normalized spacial score (nSPS) is 10.6. The molecule has 0 amide bonds. The van der Waals surface area contributed by atoms with Crippen molar-refractivity contribution in [2.75, 3.05) is 24.3 Å². The third kappa shape index (κ3) is 3.71. The van der Waals surface area contributed by atoms with E-state index >= 15 is 0 Å². The number of nitrogens with one attached hydrogen (secondary N) is 1. The van der Waals surface area contributed by atoms with Crippen LogP contribution in [0.4, 0.5) is 21.6 Å². The summed E-state index contributed by atoms with van der Waals surface area (Å²) in [5.74, 6) is 0.433. The number of fused-ring (bicyclic) bond motifs is 1. The molecule has 6 heteroatoms. The minimum absolute atomic E-state index is 0.00568. The maximum Gasteiger partial charge on any atom is 0.162 e. The van der Waals surface area contributed by atoms with E-state index in [1.54, 1.807) is 6.07 Å². The molecule has 142 valence electrons. The van der Waals surface area contributed by atoms with Gasteiger partial charge in [-0.2, -0.15) is 5.26 Å². The monoisotopic (exact) mass is 383 g/mol. The molecule has 0 saturated carbocycles. The number of rotatable bonds is 4. The second kappa shape index (κ2) is 7.56. The first-order chi connectivity index (χ1) is 14.0. The Hall–Kier alpha value is -3.98. The van der Waals surface area contributed by atoms with E-state index in [-0.39, 0.29) is 5.56 Å². The number of nitriles is 1. The molecular formula is C23H18FN5. The number of benzene rings is 3. The lowest BCUT2D eigenvalue weighted by atomic mass is 10.1. The van der Waals surface area contributed by atoms with E-state index in [0.717, 1.165) is 22.3 Å². The molecule has 0 atom stereocenters. The van der Waals surface area contributed by atoms with Gasteiger partial charge in [-0.1, -0.05) is 12.1 Å². The van der Waals surface area contributed by atoms with Gasteiger partial charge < -0.3 is 10.2 Å². The number of para-hydroxylation sites is 1. The van der Waals surface area contributed by atoms with Gasteiger partial charge in [0.15, 0.2) is 5.82 Å². The zero-order chi connectivity index (χ0) is 20.4. The molecule has 0 aliphatic rings. The highest BCUT2D eigenvalue weighted by Gasteiger charge is 2.12. The lowest BCUT2D eigenvalue weighted by Gasteiger charge is -2.14. The summed E-state index contributed by atoms with van der Waals surface area (Å²) >= 11 is 0. The first-order valence-corrected chi connectivity index (χ1v) is 9.06. The molecule has 4 aromatic rings. The van der Waals surface area contributed by atoms with Crippen LogP contribution < -0.4 is 10.2 Å². The van der Waals surface area contributed by atoms with Crippen LogP contribution in [0.5, 0.6) is 0 Å². The van der Waals surface area contributed by atoms with Gasteiger partial charge in [-0.25, -0.2) is 14.4 Å². The number of halogens is 1. The molecule has 5 nitrogen and oxygen atoms in total. The Morgan fingerprint density at radius 3 is 2.41 bits per heavy atom. The van der Waals surface area contributed by atoms with E-state index in [9.17, 15) is 4.39 Å². The topological polar surface area (TPSA) is 64.8 Å². The van der Waals surface area contributed by atoms with Crippen LogP contribution in [0.25, 0.3) is 22.3 Å². The predicted octanol–water partition coefficient (Wildman–Crippen LogP) is 5.12. The minimum Gasteiger partial charge on any atom is -0.378 e. The van der Waals surface area contributed by atoms with Gasteiger partial charge in [0.05, 0.1) is 11.1 Å². The molecule has 0 radical (unpaired) electrons. The Morgan fingerprint density at radius 2 is 1.72 bits per heavy atom. The Kier molecular flexibility index (Phi) is 4.80. The average Bonchev–Trinajstić information content (AvgIpc) is 2.74. The van der Waals surface area contributed by atoms with Crippen molar-refractivity contribution in [1.29, 1.82) is 5.26 Å². The fraction of sp³-hybridized carbons (Fsp3) is 0.0870. The molecule has 0 spiro atoms. The average molecular weight is 383 g/mol. The van der Waals surface area contributed by atoms with Crippen molar-refractivity contribution in [1.82, 2.24) is 9.97 Å². The minimum atomic E-state index is -0.587. The van der Waals surface area contributed by atoms with Gasteiger partial charge >= 0.3 is 0 Å². The van der Waals surface area contributed by atoms with Crippen molar-refractivity contribution in [2.45, 2.75) is 0 Å². The number of hydrogen-bond donors (Lipinski definition) is 1. The highest BCUT2D eigenvalue weighted by Crippen LogP contribution is 2.28. The number of aromatic nitrogens is 2. The first-order valence-electron chi connectivity index (χ1n) is 9.06. The fourth-order valence-corrected chi connectivity index (χ4v) is 3.03. The van der Waals surface area contributed by atoms with Crippen LogP contribution in [0.15, 0.2) is 66.7 Å². The maximum absolute atomic E-state index is 14.1. The van der Waals surface area contributed by atoms with Gasteiger partial charge in [-0.15, -0.1) is 0 Å². The molecule has 0 fully saturated rings. The van der Waals surface area contributed by atoms with Crippen LogP contribution in [0.1, 0.15) is 5.56 Å². The molecule has 0 saturated heterocycles. The highest BCUT2D eigenvalue weighted by atomic mass is 19.1. The maximum atomic E-state index is 14.1. The van der Waals surface area contributed by atoms with E-state index in [0.29, 0.717) is 17.2 Å². The molecule has 3 aromatic carbocycles. The van der Waals surface area contributed by atoms with Crippen molar-refractivity contribution in [2.24, 2.45) is 0 Å². The second-order valence-corrected chi connectivity index (χ2v) is 6.79. The molecule has 0 unspecified atom stereocenters. The quantitative estimate of drug-likeness (QED) is 0.530. The third-order valence-electron chi connectivity index (χ3n) is 4.60. The molecule has 0 aliphatic carbocycles. The molecule has 0 bridgehead atoms. The fourth-order valence-electron chi connectivity index (χ4n) is 3.03. The van der Waals surface area contributed by atoms with Crippen LogP contribution in [0.3, 0.4) is 0 Å². The zero-order valence-electron chi connectivity index (χ0n) is 16.0. The Bertz CT molecular complexity index is 1230. The van der Waals surface area contributed by atoms with Crippen LogP contribution in [-0.2, 0) is 0 Å². The summed E-state index contributed by atoms with van der Waals surface area (Å²) in [6, 6.07) is 21.9. The standard InChI is InChI=1S/C23H18FN5/c1-29(2)18-11-9-17(10-12-18)26-23-19-5-3-4-6-21(19)27-22(28-23)15-7-8-16(14-25)20(24)13-15/h3-13H,1-2H3,(H,26,27,28). The predicted molar refractivity (Wildman–Crippen MR) is 114 cm³/mol. The van der Waals surface area contributed by atoms with Crippen molar-refractivity contribution < 1.29 is 4.39 Å². The number of nitrogens with zero attached hydrogens (tertiary/aromatic N) is 4. The molecule has 1 heterocycles. The van der Waals surface area contributed by atoms with Crippen LogP contribution in [0, 0.1) is 17.1 Å². The van der Waals surface area contributed by atoms with Gasteiger partial charge in [-0.05, 0) is 54.6 Å². The summed E-state index contributed by atoms with van der Waals surface area (Å²) < 4.78 is 14.1. The van der Waals surface area contributed by atoms with Gasteiger partial charge in [0.2, 0.25) is 0 Å². The molecule has 29 heavy (non-hydrogen) atoms. The van der Waals surface area contributed by atoms with Crippen molar-refractivity contribution >= 4 is 28.1 Å². The van der Waals surface area contributed by atoms with Crippen molar-refractivity contribution in [3.8, 4) is 17.5 Å². The smallest absolute Gasteiger partial charge is 0.162 e. The SMILES string of the molecule is CN(C)c1ccc(Nc2nc(-c3ccc(C#N)c(F)c3)nc3ccccc23)cc1. The van der Waals surface area contributed by atoms with Gasteiger partial charge in [-0.3, -0.25) is 0 Å². The third-order valence-corrected chi connectivity index (χ3v) is 4.60. The summed E-state index contributed by atoms with van der Waals surface area (Å²) in [5, 5.41) is 13.2. The van der Waals surface area contributed by atoms with Crippen LogP contribution in [0.2, 0.25) is 0 Å². The Labute approximate surface area is 168 Å². The zero-order valence-corrected chi connectivity index (χ0v) is 16.0. The molecule has 1 aromatic heterocycles. The Balaban J connectivity index is 1.79. The highest BCUT2D eigenvalue weighted by molar-refractivity contribution is 5.92. The van der Waals surface area contributed by atoms with E-state index in [2.05, 4.69) is 15.3 Å². The van der Waals surface area contributed by atoms with Crippen LogP contribution in [-0.4, -0.2) is 24.1 Å². The van der Waals surface area contributed by atoms with Crippen molar-refractivity contribution in [3.05, 3.63) is 78.1 Å². The van der Waals surface area contributed by atoms with Gasteiger partial charge in [0.1, 0.15) is 17.7 Å².